The minimum absolute atomic E-state index is 0.280. The third-order valence-corrected chi connectivity index (χ3v) is 3.75. The number of aliphatic carboxylic acids is 1. The van der Waals surface area contributed by atoms with Gasteiger partial charge in [-0.1, -0.05) is 39.0 Å². The second kappa shape index (κ2) is 8.79. The van der Waals surface area contributed by atoms with Crippen molar-refractivity contribution in [2.24, 2.45) is 0 Å². The molecule has 6 heteroatoms. The Balaban J connectivity index is 2.45. The standard InChI is InChI=1S/C14H26N2O4/c1-2-3-7-11(13(18)19)16-14(20)15-10-8-5-4-6-9-12(10)17/h10-12,17H,2-9H2,1H3,(H,18,19)(H2,15,16,20). The average Bonchev–Trinajstić information content (AvgIpc) is 2.59. The van der Waals surface area contributed by atoms with Crippen LogP contribution < -0.4 is 10.6 Å². The van der Waals surface area contributed by atoms with Crippen LogP contribution in [0.15, 0.2) is 0 Å². The maximum atomic E-state index is 11.9. The zero-order valence-corrected chi connectivity index (χ0v) is 12.1. The fourth-order valence-corrected chi connectivity index (χ4v) is 2.49. The van der Waals surface area contributed by atoms with Gasteiger partial charge in [0.1, 0.15) is 6.04 Å². The molecule has 2 amide bonds. The van der Waals surface area contributed by atoms with Crippen LogP contribution in [0.2, 0.25) is 0 Å². The molecule has 1 saturated carbocycles. The lowest BCUT2D eigenvalue weighted by Gasteiger charge is -2.23. The van der Waals surface area contributed by atoms with Crippen molar-refractivity contribution < 1.29 is 19.8 Å². The molecular weight excluding hydrogens is 260 g/mol. The van der Waals surface area contributed by atoms with Crippen LogP contribution in [0.3, 0.4) is 0 Å². The lowest BCUT2D eigenvalue weighted by Crippen LogP contribution is -2.51. The maximum Gasteiger partial charge on any atom is 0.326 e. The molecule has 0 bridgehead atoms. The minimum atomic E-state index is -1.02. The van der Waals surface area contributed by atoms with Crippen LogP contribution >= 0.6 is 0 Å². The molecule has 0 aromatic rings. The molecule has 4 N–H and O–H groups in total. The third-order valence-electron chi connectivity index (χ3n) is 3.75. The maximum absolute atomic E-state index is 11.9. The van der Waals surface area contributed by atoms with Gasteiger partial charge in [0.15, 0.2) is 0 Å². The molecule has 1 fully saturated rings. The summed E-state index contributed by atoms with van der Waals surface area (Å²) in [4.78, 5) is 22.9. The summed E-state index contributed by atoms with van der Waals surface area (Å²) in [5.74, 6) is -1.02. The summed E-state index contributed by atoms with van der Waals surface area (Å²) in [5.41, 5.74) is 0. The van der Waals surface area contributed by atoms with Gasteiger partial charge in [0.05, 0.1) is 12.1 Å². The Morgan fingerprint density at radius 1 is 1.25 bits per heavy atom. The van der Waals surface area contributed by atoms with Crippen LogP contribution in [0.4, 0.5) is 4.79 Å². The molecule has 116 valence electrons. The molecule has 1 rings (SSSR count). The number of rotatable bonds is 6. The van der Waals surface area contributed by atoms with E-state index in [2.05, 4.69) is 10.6 Å². The second-order valence-electron chi connectivity index (χ2n) is 5.46. The highest BCUT2D eigenvalue weighted by atomic mass is 16.4. The van der Waals surface area contributed by atoms with Gasteiger partial charge in [-0.2, -0.15) is 0 Å². The first-order chi connectivity index (χ1) is 9.54. The summed E-state index contributed by atoms with van der Waals surface area (Å²) in [6.45, 7) is 1.97. The van der Waals surface area contributed by atoms with Gasteiger partial charge in [-0.05, 0) is 19.3 Å². The van der Waals surface area contributed by atoms with Gasteiger partial charge >= 0.3 is 12.0 Å². The van der Waals surface area contributed by atoms with E-state index in [0.717, 1.165) is 38.5 Å². The van der Waals surface area contributed by atoms with Crippen molar-refractivity contribution in [1.29, 1.82) is 0 Å². The predicted molar refractivity (Wildman–Crippen MR) is 75.5 cm³/mol. The molecule has 3 unspecified atom stereocenters. The lowest BCUT2D eigenvalue weighted by molar-refractivity contribution is -0.139. The molecule has 1 aliphatic carbocycles. The molecule has 0 radical (unpaired) electrons. The van der Waals surface area contributed by atoms with Gasteiger partial charge in [0.2, 0.25) is 0 Å². The third kappa shape index (κ3) is 5.77. The molecular formula is C14H26N2O4. The number of carboxylic acid groups (broad SMARTS) is 1. The van der Waals surface area contributed by atoms with E-state index in [1.165, 1.54) is 0 Å². The van der Waals surface area contributed by atoms with Crippen LogP contribution in [-0.2, 0) is 4.79 Å². The normalized spacial score (nSPS) is 24.5. The van der Waals surface area contributed by atoms with E-state index in [1.807, 2.05) is 6.92 Å². The number of urea groups is 1. The first-order valence-electron chi connectivity index (χ1n) is 7.52. The van der Waals surface area contributed by atoms with E-state index < -0.39 is 24.1 Å². The quantitative estimate of drug-likeness (QED) is 0.558. The number of hydrogen-bond donors (Lipinski definition) is 4. The first kappa shape index (κ1) is 16.8. The first-order valence-corrected chi connectivity index (χ1v) is 7.52. The van der Waals surface area contributed by atoms with Crippen LogP contribution in [-0.4, -0.2) is 40.4 Å². The van der Waals surface area contributed by atoms with E-state index in [0.29, 0.717) is 12.8 Å². The Morgan fingerprint density at radius 3 is 2.60 bits per heavy atom. The Labute approximate surface area is 119 Å². The molecule has 0 saturated heterocycles. The number of aliphatic hydroxyl groups excluding tert-OH is 1. The Morgan fingerprint density at radius 2 is 1.95 bits per heavy atom. The van der Waals surface area contributed by atoms with Crippen molar-refractivity contribution in [2.45, 2.75) is 76.5 Å². The second-order valence-corrected chi connectivity index (χ2v) is 5.46. The average molecular weight is 286 g/mol. The number of nitrogens with one attached hydrogen (secondary N) is 2. The minimum Gasteiger partial charge on any atom is -0.480 e. The molecule has 0 spiro atoms. The van der Waals surface area contributed by atoms with Gasteiger partial charge < -0.3 is 20.8 Å². The molecule has 3 atom stereocenters. The molecule has 20 heavy (non-hydrogen) atoms. The number of carbonyl (C=O) groups is 2. The largest absolute Gasteiger partial charge is 0.480 e. The van der Waals surface area contributed by atoms with Crippen molar-refractivity contribution in [3.05, 3.63) is 0 Å². The SMILES string of the molecule is CCCCC(NC(=O)NC1CCCCCC1O)C(=O)O. The Hall–Kier alpha value is -1.30. The van der Waals surface area contributed by atoms with Crippen molar-refractivity contribution in [2.75, 3.05) is 0 Å². The molecule has 6 nitrogen and oxygen atoms in total. The van der Waals surface area contributed by atoms with E-state index in [1.54, 1.807) is 0 Å². The molecule has 0 heterocycles. The van der Waals surface area contributed by atoms with Crippen LogP contribution in [0.5, 0.6) is 0 Å². The van der Waals surface area contributed by atoms with Crippen LogP contribution in [0, 0.1) is 0 Å². The summed E-state index contributed by atoms with van der Waals surface area (Å²) >= 11 is 0. The number of carboxylic acids is 1. The zero-order valence-electron chi connectivity index (χ0n) is 12.1. The molecule has 0 aromatic heterocycles. The monoisotopic (exact) mass is 286 g/mol. The van der Waals surface area contributed by atoms with Crippen molar-refractivity contribution in [3.8, 4) is 0 Å². The van der Waals surface area contributed by atoms with Crippen molar-refractivity contribution in [3.63, 3.8) is 0 Å². The van der Waals surface area contributed by atoms with Crippen LogP contribution in [0.1, 0.15) is 58.3 Å². The van der Waals surface area contributed by atoms with E-state index >= 15 is 0 Å². The molecule has 0 aliphatic heterocycles. The topological polar surface area (TPSA) is 98.7 Å². The summed E-state index contributed by atoms with van der Waals surface area (Å²) in [6, 6.07) is -1.64. The highest BCUT2D eigenvalue weighted by molar-refractivity contribution is 5.82. The molecule has 1 aliphatic rings. The van der Waals surface area contributed by atoms with E-state index in [-0.39, 0.29) is 6.04 Å². The fraction of sp³-hybridized carbons (Fsp3) is 0.857. The highest BCUT2D eigenvalue weighted by Crippen LogP contribution is 2.17. The number of aliphatic hydroxyl groups is 1. The lowest BCUT2D eigenvalue weighted by atomic mass is 10.1. The number of hydrogen-bond acceptors (Lipinski definition) is 3. The van der Waals surface area contributed by atoms with Crippen molar-refractivity contribution in [1.82, 2.24) is 10.6 Å². The van der Waals surface area contributed by atoms with E-state index in [9.17, 15) is 14.7 Å². The molecule has 0 aromatic carbocycles. The zero-order chi connectivity index (χ0) is 15.0. The number of carbonyl (C=O) groups excluding carboxylic acids is 1. The smallest absolute Gasteiger partial charge is 0.326 e. The van der Waals surface area contributed by atoms with Crippen LogP contribution in [0.25, 0.3) is 0 Å². The summed E-state index contributed by atoms with van der Waals surface area (Å²) in [6.07, 6.45) is 5.94. The van der Waals surface area contributed by atoms with Gasteiger partial charge in [0.25, 0.3) is 0 Å². The summed E-state index contributed by atoms with van der Waals surface area (Å²) < 4.78 is 0. The Kier molecular flexibility index (Phi) is 7.36. The highest BCUT2D eigenvalue weighted by Gasteiger charge is 2.25. The Bertz CT molecular complexity index is 322. The fourth-order valence-electron chi connectivity index (χ4n) is 2.49. The number of amides is 2. The van der Waals surface area contributed by atoms with Gasteiger partial charge in [0, 0.05) is 0 Å². The summed E-state index contributed by atoms with van der Waals surface area (Å²) in [5, 5.41) is 24.2. The predicted octanol–water partition coefficient (Wildman–Crippen LogP) is 1.62. The number of unbranched alkanes of at least 4 members (excludes halogenated alkanes) is 1. The summed E-state index contributed by atoms with van der Waals surface area (Å²) in [7, 11) is 0. The van der Waals surface area contributed by atoms with E-state index in [4.69, 9.17) is 5.11 Å². The van der Waals surface area contributed by atoms with Gasteiger partial charge in [-0.3, -0.25) is 0 Å². The van der Waals surface area contributed by atoms with Gasteiger partial charge in [-0.25, -0.2) is 9.59 Å². The van der Waals surface area contributed by atoms with Crippen molar-refractivity contribution >= 4 is 12.0 Å². The van der Waals surface area contributed by atoms with Gasteiger partial charge in [-0.15, -0.1) is 0 Å².